The van der Waals surface area contributed by atoms with Crippen molar-refractivity contribution >= 4 is 10.0 Å². The van der Waals surface area contributed by atoms with Crippen molar-refractivity contribution in [2.24, 2.45) is 5.73 Å². The molecule has 0 aliphatic carbocycles. The number of nitrogens with one attached hydrogen (secondary N) is 1. The molecular formula is C11H17FN2O3S. The molecule has 3 N–H and O–H groups in total. The van der Waals surface area contributed by atoms with E-state index in [9.17, 15) is 12.8 Å². The Bertz CT molecular complexity index is 491. The van der Waals surface area contributed by atoms with Gasteiger partial charge in [-0.15, -0.1) is 0 Å². The first-order valence-electron chi connectivity index (χ1n) is 5.57. The molecule has 18 heavy (non-hydrogen) atoms. The van der Waals surface area contributed by atoms with Gasteiger partial charge in [0.2, 0.25) is 10.0 Å². The largest absolute Gasteiger partial charge is 0.380 e. The van der Waals surface area contributed by atoms with Gasteiger partial charge in [0.1, 0.15) is 5.82 Å². The van der Waals surface area contributed by atoms with E-state index in [0.29, 0.717) is 12.2 Å². The summed E-state index contributed by atoms with van der Waals surface area (Å²) in [6, 6.07) is 3.51. The minimum Gasteiger partial charge on any atom is -0.380 e. The SMILES string of the molecule is CCOCCNS(=O)(=O)c1cc(F)ccc1CN. The molecule has 0 amide bonds. The van der Waals surface area contributed by atoms with Crippen LogP contribution in [-0.4, -0.2) is 28.2 Å². The molecule has 0 aliphatic heterocycles. The fourth-order valence-electron chi connectivity index (χ4n) is 1.42. The number of nitrogens with two attached hydrogens (primary N) is 1. The number of ether oxygens (including phenoxy) is 1. The molecule has 5 nitrogen and oxygen atoms in total. The minimum atomic E-state index is -3.76. The van der Waals surface area contributed by atoms with Crippen LogP contribution in [0.5, 0.6) is 0 Å². The Balaban J connectivity index is 2.87. The van der Waals surface area contributed by atoms with Crippen LogP contribution in [-0.2, 0) is 21.3 Å². The van der Waals surface area contributed by atoms with Crippen molar-refractivity contribution in [3.63, 3.8) is 0 Å². The molecule has 0 bridgehead atoms. The van der Waals surface area contributed by atoms with Gasteiger partial charge in [0.15, 0.2) is 0 Å². The van der Waals surface area contributed by atoms with Crippen LogP contribution in [0, 0.1) is 5.82 Å². The van der Waals surface area contributed by atoms with Gasteiger partial charge in [-0.2, -0.15) is 0 Å². The van der Waals surface area contributed by atoms with Gasteiger partial charge in [0, 0.05) is 19.7 Å². The Morgan fingerprint density at radius 1 is 1.44 bits per heavy atom. The molecule has 0 fully saturated rings. The molecule has 1 aromatic carbocycles. The topological polar surface area (TPSA) is 81.4 Å². The first-order chi connectivity index (χ1) is 8.51. The zero-order valence-corrected chi connectivity index (χ0v) is 11.0. The van der Waals surface area contributed by atoms with E-state index in [-0.39, 0.29) is 24.6 Å². The van der Waals surface area contributed by atoms with Crippen LogP contribution < -0.4 is 10.5 Å². The fourth-order valence-corrected chi connectivity index (χ4v) is 2.69. The lowest BCUT2D eigenvalue weighted by atomic mass is 10.2. The molecule has 0 saturated heterocycles. The maximum absolute atomic E-state index is 13.1. The van der Waals surface area contributed by atoms with Crippen molar-refractivity contribution in [1.29, 1.82) is 0 Å². The van der Waals surface area contributed by atoms with E-state index in [2.05, 4.69) is 4.72 Å². The number of benzene rings is 1. The fraction of sp³-hybridized carbons (Fsp3) is 0.455. The minimum absolute atomic E-state index is 0.0297. The standard InChI is InChI=1S/C11H17FN2O3S/c1-2-17-6-5-14-18(15,16)11-7-10(12)4-3-9(11)8-13/h3-4,7,14H,2,5-6,8,13H2,1H3. The number of hydrogen-bond acceptors (Lipinski definition) is 4. The van der Waals surface area contributed by atoms with Crippen LogP contribution in [0.25, 0.3) is 0 Å². The molecule has 1 rings (SSSR count). The average molecular weight is 276 g/mol. The highest BCUT2D eigenvalue weighted by atomic mass is 32.2. The second kappa shape index (κ2) is 6.79. The average Bonchev–Trinajstić information content (AvgIpc) is 2.35. The van der Waals surface area contributed by atoms with Crippen LogP contribution in [0.4, 0.5) is 4.39 Å². The number of halogens is 1. The summed E-state index contributed by atoms with van der Waals surface area (Å²) in [7, 11) is -3.76. The predicted molar refractivity (Wildman–Crippen MR) is 66.0 cm³/mol. The number of hydrogen-bond donors (Lipinski definition) is 2. The van der Waals surface area contributed by atoms with Crippen LogP contribution in [0.1, 0.15) is 12.5 Å². The van der Waals surface area contributed by atoms with E-state index >= 15 is 0 Å². The summed E-state index contributed by atoms with van der Waals surface area (Å²) in [6.07, 6.45) is 0. The lowest BCUT2D eigenvalue weighted by Gasteiger charge is -2.10. The first kappa shape index (κ1) is 15.0. The number of sulfonamides is 1. The van der Waals surface area contributed by atoms with E-state index < -0.39 is 15.8 Å². The van der Waals surface area contributed by atoms with E-state index in [1.165, 1.54) is 12.1 Å². The third-order valence-corrected chi connectivity index (χ3v) is 3.82. The summed E-state index contributed by atoms with van der Waals surface area (Å²) in [6.45, 7) is 2.75. The van der Waals surface area contributed by atoms with Crippen LogP contribution in [0.3, 0.4) is 0 Å². The van der Waals surface area contributed by atoms with E-state index in [1.807, 2.05) is 6.92 Å². The Kier molecular flexibility index (Phi) is 5.67. The van der Waals surface area contributed by atoms with Crippen LogP contribution in [0.15, 0.2) is 23.1 Å². The Morgan fingerprint density at radius 3 is 2.78 bits per heavy atom. The van der Waals surface area contributed by atoms with Crippen LogP contribution >= 0.6 is 0 Å². The summed E-state index contributed by atoms with van der Waals surface area (Å²) in [4.78, 5) is -0.124. The van der Waals surface area contributed by atoms with Crippen molar-refractivity contribution in [1.82, 2.24) is 4.72 Å². The molecule has 7 heteroatoms. The van der Waals surface area contributed by atoms with Crippen molar-refractivity contribution in [2.75, 3.05) is 19.8 Å². The molecule has 102 valence electrons. The van der Waals surface area contributed by atoms with Crippen LogP contribution in [0.2, 0.25) is 0 Å². The lowest BCUT2D eigenvalue weighted by Crippen LogP contribution is -2.28. The van der Waals surface area contributed by atoms with Gasteiger partial charge in [0.25, 0.3) is 0 Å². The van der Waals surface area contributed by atoms with Gasteiger partial charge >= 0.3 is 0 Å². The predicted octanol–water partition coefficient (Wildman–Crippen LogP) is 0.599. The summed E-state index contributed by atoms with van der Waals surface area (Å²) in [5, 5.41) is 0. The summed E-state index contributed by atoms with van der Waals surface area (Å²) >= 11 is 0. The van der Waals surface area contributed by atoms with Gasteiger partial charge in [-0.25, -0.2) is 17.5 Å². The van der Waals surface area contributed by atoms with Crippen molar-refractivity contribution in [3.05, 3.63) is 29.6 Å². The summed E-state index contributed by atoms with van der Waals surface area (Å²) in [5.41, 5.74) is 5.81. The maximum atomic E-state index is 13.1. The molecule has 0 atom stereocenters. The van der Waals surface area contributed by atoms with E-state index in [0.717, 1.165) is 6.07 Å². The van der Waals surface area contributed by atoms with Gasteiger partial charge in [-0.1, -0.05) is 6.07 Å². The van der Waals surface area contributed by atoms with Crippen molar-refractivity contribution < 1.29 is 17.5 Å². The Labute approximate surface area is 106 Å². The van der Waals surface area contributed by atoms with Gasteiger partial charge in [-0.05, 0) is 24.6 Å². The highest BCUT2D eigenvalue weighted by Gasteiger charge is 2.18. The van der Waals surface area contributed by atoms with E-state index in [1.54, 1.807) is 0 Å². The Hall–Kier alpha value is -1.02. The van der Waals surface area contributed by atoms with E-state index in [4.69, 9.17) is 10.5 Å². The Morgan fingerprint density at radius 2 is 2.17 bits per heavy atom. The quantitative estimate of drug-likeness (QED) is 0.715. The molecule has 0 spiro atoms. The highest BCUT2D eigenvalue weighted by Crippen LogP contribution is 2.16. The second-order valence-corrected chi connectivity index (χ2v) is 5.29. The van der Waals surface area contributed by atoms with Gasteiger partial charge < -0.3 is 10.5 Å². The van der Waals surface area contributed by atoms with Gasteiger partial charge in [0.05, 0.1) is 11.5 Å². The zero-order valence-electron chi connectivity index (χ0n) is 10.1. The molecule has 1 aromatic rings. The summed E-state index contributed by atoms with van der Waals surface area (Å²) < 4.78 is 44.3. The lowest BCUT2D eigenvalue weighted by molar-refractivity contribution is 0.153. The maximum Gasteiger partial charge on any atom is 0.241 e. The smallest absolute Gasteiger partial charge is 0.241 e. The first-order valence-corrected chi connectivity index (χ1v) is 7.05. The molecule has 0 saturated carbocycles. The highest BCUT2D eigenvalue weighted by molar-refractivity contribution is 7.89. The molecule has 0 aromatic heterocycles. The van der Waals surface area contributed by atoms with Gasteiger partial charge in [-0.3, -0.25) is 0 Å². The van der Waals surface area contributed by atoms with Crippen molar-refractivity contribution in [2.45, 2.75) is 18.4 Å². The number of rotatable bonds is 7. The molecule has 0 unspecified atom stereocenters. The monoisotopic (exact) mass is 276 g/mol. The van der Waals surface area contributed by atoms with Crippen molar-refractivity contribution in [3.8, 4) is 0 Å². The third-order valence-electron chi connectivity index (χ3n) is 2.28. The molecule has 0 heterocycles. The molecule has 0 radical (unpaired) electrons. The molecule has 0 aliphatic rings. The molecular weight excluding hydrogens is 259 g/mol. The second-order valence-electron chi connectivity index (χ2n) is 3.55. The normalized spacial score (nSPS) is 11.7. The zero-order chi connectivity index (χ0) is 13.6. The summed E-state index contributed by atoms with van der Waals surface area (Å²) in [5.74, 6) is -0.614. The third kappa shape index (κ3) is 4.02.